The van der Waals surface area contributed by atoms with E-state index in [1.54, 1.807) is 0 Å². The molecule has 2 N–H and O–H groups in total. The summed E-state index contributed by atoms with van der Waals surface area (Å²) in [5, 5.41) is 9.05. The number of nitrogens with one attached hydrogen (secondary N) is 2. The topological polar surface area (TPSA) is 49.6 Å². The van der Waals surface area contributed by atoms with Crippen LogP contribution in [0.15, 0.2) is 153 Å². The average Bonchev–Trinajstić information content (AvgIpc) is 3.34. The first kappa shape index (κ1) is 33.4. The van der Waals surface area contributed by atoms with Crippen LogP contribution in [0.5, 0.6) is 0 Å². The average molecular weight is 708 g/mol. The molecule has 10 rings (SSSR count). The van der Waals surface area contributed by atoms with E-state index in [2.05, 4.69) is 151 Å². The second-order valence-corrected chi connectivity index (χ2v) is 16.0. The summed E-state index contributed by atoms with van der Waals surface area (Å²) in [6, 6.07) is 26.1. The number of fused-ring (bicyclic) bond motifs is 7. The maximum atomic E-state index is 6.74. The van der Waals surface area contributed by atoms with E-state index in [9.17, 15) is 0 Å². The maximum absolute atomic E-state index is 6.74. The summed E-state index contributed by atoms with van der Waals surface area (Å²) < 4.78 is 6.74. The molecule has 1 aromatic heterocycles. The second-order valence-electron chi connectivity index (χ2n) is 16.0. The van der Waals surface area contributed by atoms with Crippen LogP contribution in [0, 0.1) is 17.8 Å². The van der Waals surface area contributed by atoms with Crippen molar-refractivity contribution in [1.82, 2.24) is 10.6 Å². The normalized spacial score (nSPS) is 26.9. The number of amidine groups is 1. The Morgan fingerprint density at radius 1 is 0.815 bits per heavy atom. The quantitative estimate of drug-likeness (QED) is 0.188. The first-order valence-corrected chi connectivity index (χ1v) is 20.3. The number of hydrogen-bond donors (Lipinski definition) is 2. The minimum Gasteiger partial charge on any atom is -0.456 e. The first-order valence-electron chi connectivity index (χ1n) is 20.3. The lowest BCUT2D eigenvalue weighted by molar-refractivity contribution is 0.403. The Morgan fingerprint density at radius 3 is 2.63 bits per heavy atom. The molecule has 2 bridgehead atoms. The van der Waals surface area contributed by atoms with Gasteiger partial charge in [0.05, 0.1) is 0 Å². The molecule has 0 saturated heterocycles. The summed E-state index contributed by atoms with van der Waals surface area (Å²) in [6.07, 6.45) is 32.7. The molecule has 0 fully saturated rings. The highest BCUT2D eigenvalue weighted by Gasteiger charge is 2.33. The lowest BCUT2D eigenvalue weighted by Gasteiger charge is -2.36. The van der Waals surface area contributed by atoms with Crippen LogP contribution < -0.4 is 10.6 Å². The predicted molar refractivity (Wildman–Crippen MR) is 223 cm³/mol. The maximum Gasteiger partial charge on any atom is 0.135 e. The van der Waals surface area contributed by atoms with E-state index in [1.807, 2.05) is 0 Å². The van der Waals surface area contributed by atoms with Gasteiger partial charge in [-0.05, 0) is 91.2 Å². The molecule has 4 heteroatoms. The Bertz CT molecular complexity index is 2340. The van der Waals surface area contributed by atoms with Crippen molar-refractivity contribution in [2.75, 3.05) is 0 Å². The fraction of sp³-hybridized carbons (Fsp3) is 0.300. The minimum atomic E-state index is -0.154. The third-order valence-electron chi connectivity index (χ3n) is 12.6. The number of nitrogens with zero attached hydrogens (tertiary/aromatic N) is 1. The molecule has 2 heterocycles. The number of furan rings is 1. The van der Waals surface area contributed by atoms with Gasteiger partial charge in [0, 0.05) is 28.3 Å². The number of unbranched alkanes of at least 4 members (excludes halogenated alkanes) is 1. The molecular formula is C50H49N3O. The van der Waals surface area contributed by atoms with E-state index in [1.165, 1.54) is 74.8 Å². The summed E-state index contributed by atoms with van der Waals surface area (Å²) in [5.41, 5.74) is 13.1. The van der Waals surface area contributed by atoms with Gasteiger partial charge in [0.15, 0.2) is 0 Å². The van der Waals surface area contributed by atoms with Crippen molar-refractivity contribution in [2.45, 2.75) is 76.5 Å². The standard InChI is InChI=1S/C50H49N3O/c1-2-3-10-32-17-20-38-30-41(24-22-36(38)27-32)49-51-48(35-12-5-4-6-13-35)52-50(53-49)44-15-9-16-45-47(44)43-26-25-39(31-46(43)54-45)37-21-23-40-29-33(28-37)18-19-34-11-7-8-14-42(34)40/h4-9,11-21,23-24,27,29,31,36-38,40,48,50,52H,2-3,10,22,25-26,28,30H2,1H3,(H,51,53). The van der Waals surface area contributed by atoms with Gasteiger partial charge < -0.3 is 9.73 Å². The lowest BCUT2D eigenvalue weighted by Crippen LogP contribution is -2.46. The van der Waals surface area contributed by atoms with Crippen LogP contribution in [-0.2, 0) is 6.42 Å². The molecule has 54 heavy (non-hydrogen) atoms. The Kier molecular flexibility index (Phi) is 8.80. The van der Waals surface area contributed by atoms with Crippen molar-refractivity contribution >= 4 is 29.0 Å². The van der Waals surface area contributed by atoms with Crippen LogP contribution in [0.2, 0.25) is 0 Å². The van der Waals surface area contributed by atoms with Crippen molar-refractivity contribution in [3.63, 3.8) is 0 Å². The second kappa shape index (κ2) is 14.2. The van der Waals surface area contributed by atoms with Crippen LogP contribution in [0.4, 0.5) is 0 Å². The van der Waals surface area contributed by atoms with Gasteiger partial charge in [-0.25, -0.2) is 4.99 Å². The molecule has 1 aliphatic heterocycles. The molecule has 4 nitrogen and oxygen atoms in total. The Morgan fingerprint density at radius 2 is 1.70 bits per heavy atom. The lowest BCUT2D eigenvalue weighted by atomic mass is 9.75. The summed E-state index contributed by atoms with van der Waals surface area (Å²) >= 11 is 0. The highest BCUT2D eigenvalue weighted by Crippen LogP contribution is 2.43. The number of allylic oxidation sites excluding steroid dienone is 11. The Hall–Kier alpha value is -5.19. The van der Waals surface area contributed by atoms with Crippen molar-refractivity contribution in [3.05, 3.63) is 177 Å². The molecule has 0 amide bonds. The van der Waals surface area contributed by atoms with Crippen LogP contribution >= 0.6 is 0 Å². The molecule has 3 aromatic carbocycles. The summed E-state index contributed by atoms with van der Waals surface area (Å²) in [7, 11) is 0. The fourth-order valence-corrected chi connectivity index (χ4v) is 9.68. The molecule has 5 aliphatic carbocycles. The fourth-order valence-electron chi connectivity index (χ4n) is 9.68. The summed E-state index contributed by atoms with van der Waals surface area (Å²) in [6.45, 7) is 2.28. The van der Waals surface area contributed by atoms with Crippen molar-refractivity contribution < 1.29 is 4.42 Å². The van der Waals surface area contributed by atoms with Crippen LogP contribution in [-0.4, -0.2) is 5.84 Å². The third-order valence-corrected chi connectivity index (χ3v) is 12.6. The van der Waals surface area contributed by atoms with E-state index in [0.29, 0.717) is 23.7 Å². The molecule has 4 aromatic rings. The Balaban J connectivity index is 0.955. The van der Waals surface area contributed by atoms with Gasteiger partial charge in [0.25, 0.3) is 0 Å². The first-order chi connectivity index (χ1) is 26.7. The van der Waals surface area contributed by atoms with Crippen molar-refractivity contribution in [1.29, 1.82) is 0 Å². The number of rotatable bonds is 7. The van der Waals surface area contributed by atoms with Gasteiger partial charge in [-0.2, -0.15) is 0 Å². The Labute approximate surface area is 319 Å². The van der Waals surface area contributed by atoms with Crippen molar-refractivity contribution in [3.8, 4) is 0 Å². The highest BCUT2D eigenvalue weighted by molar-refractivity contribution is 6.00. The largest absolute Gasteiger partial charge is 0.456 e. The van der Waals surface area contributed by atoms with Crippen LogP contribution in [0.1, 0.15) is 104 Å². The smallest absolute Gasteiger partial charge is 0.135 e. The van der Waals surface area contributed by atoms with Gasteiger partial charge in [0.1, 0.15) is 29.5 Å². The summed E-state index contributed by atoms with van der Waals surface area (Å²) in [5.74, 6) is 3.82. The molecule has 270 valence electrons. The number of hydrogen-bond acceptors (Lipinski definition) is 4. The zero-order chi connectivity index (χ0) is 36.0. The third kappa shape index (κ3) is 6.31. The van der Waals surface area contributed by atoms with E-state index >= 15 is 0 Å². The molecule has 0 saturated carbocycles. The molecule has 6 aliphatic rings. The monoisotopic (exact) mass is 707 g/mol. The zero-order valence-electron chi connectivity index (χ0n) is 31.2. The van der Waals surface area contributed by atoms with Gasteiger partial charge in [0.2, 0.25) is 0 Å². The van der Waals surface area contributed by atoms with Gasteiger partial charge >= 0.3 is 0 Å². The number of benzene rings is 3. The van der Waals surface area contributed by atoms with Crippen LogP contribution in [0.25, 0.3) is 23.1 Å². The van der Waals surface area contributed by atoms with Gasteiger partial charge in [-0.3, -0.25) is 5.32 Å². The SMILES string of the molecule is CCCCC1=CC2CC=C(C3=NC(c4ccccc4)NC(c4cccc5oc6c(c45)CCC(C4C=CC5C=C(C=Cc7ccccc75)C4)=C6)N3)CC2C=C1. The van der Waals surface area contributed by atoms with E-state index in [4.69, 9.17) is 9.41 Å². The minimum absolute atomic E-state index is 0.117. The molecular weight excluding hydrogens is 659 g/mol. The van der Waals surface area contributed by atoms with E-state index in [-0.39, 0.29) is 12.3 Å². The molecule has 0 spiro atoms. The van der Waals surface area contributed by atoms with Crippen molar-refractivity contribution in [2.24, 2.45) is 22.7 Å². The van der Waals surface area contributed by atoms with Crippen LogP contribution in [0.3, 0.4) is 0 Å². The van der Waals surface area contributed by atoms with E-state index in [0.717, 1.165) is 49.3 Å². The molecule has 6 atom stereocenters. The molecule has 0 radical (unpaired) electrons. The van der Waals surface area contributed by atoms with Gasteiger partial charge in [-0.1, -0.05) is 151 Å². The number of aliphatic imine (C=N–C) groups is 1. The van der Waals surface area contributed by atoms with Gasteiger partial charge in [-0.15, -0.1) is 0 Å². The predicted octanol–water partition coefficient (Wildman–Crippen LogP) is 12.0. The summed E-state index contributed by atoms with van der Waals surface area (Å²) in [4.78, 5) is 5.35. The highest BCUT2D eigenvalue weighted by atomic mass is 16.3. The number of aryl methyl sites for hydroxylation is 1. The van der Waals surface area contributed by atoms with E-state index < -0.39 is 0 Å². The molecule has 6 unspecified atom stereocenters. The zero-order valence-corrected chi connectivity index (χ0v) is 31.2.